The lowest BCUT2D eigenvalue weighted by Crippen LogP contribution is -2.47. The number of carboxylic acids is 1. The fourth-order valence-corrected chi connectivity index (χ4v) is 3.85. The van der Waals surface area contributed by atoms with Crippen LogP contribution in [0.5, 0.6) is 5.75 Å². The summed E-state index contributed by atoms with van der Waals surface area (Å²) < 4.78 is 5.11. The van der Waals surface area contributed by atoms with Crippen LogP contribution >= 0.6 is 0 Å². The van der Waals surface area contributed by atoms with E-state index in [9.17, 15) is 14.7 Å². The molecule has 4 rings (SSSR count). The zero-order valence-electron chi connectivity index (χ0n) is 17.8. The molecule has 0 unspecified atom stereocenters. The highest BCUT2D eigenvalue weighted by Gasteiger charge is 2.22. The van der Waals surface area contributed by atoms with Crippen molar-refractivity contribution in [2.45, 2.75) is 0 Å². The largest absolute Gasteiger partial charge is 0.497 e. The van der Waals surface area contributed by atoms with Crippen LogP contribution in [-0.4, -0.2) is 50.3 Å². The highest BCUT2D eigenvalue weighted by atomic mass is 16.5. The Balaban J connectivity index is 1.47. The minimum atomic E-state index is -1.02. The fraction of sp³-hybridized carbons (Fsp3) is 0.200. The third-order valence-electron chi connectivity index (χ3n) is 5.58. The van der Waals surface area contributed by atoms with Crippen LogP contribution in [0.1, 0.15) is 20.7 Å². The van der Waals surface area contributed by atoms with E-state index in [1.165, 1.54) is 11.8 Å². The molecule has 1 aliphatic rings. The average molecular weight is 431 g/mol. The Morgan fingerprint density at radius 3 is 2.16 bits per heavy atom. The number of para-hydroxylation sites is 1. The molecule has 3 aromatic rings. The SMILES string of the molecule is COc1ccc(C(=O)Nc2ccc(N3CCN(c4ccccc4)CC3)c(C(=O)O)c2)cc1. The number of carboxylic acid groups (broad SMARTS) is 1. The number of aromatic carboxylic acids is 1. The van der Waals surface area contributed by atoms with E-state index < -0.39 is 5.97 Å². The molecule has 0 spiro atoms. The number of hydrogen-bond donors (Lipinski definition) is 2. The Morgan fingerprint density at radius 2 is 1.53 bits per heavy atom. The first-order valence-electron chi connectivity index (χ1n) is 10.4. The van der Waals surface area contributed by atoms with Crippen LogP contribution in [0, 0.1) is 0 Å². The molecule has 164 valence electrons. The molecular formula is C25H25N3O4. The zero-order valence-corrected chi connectivity index (χ0v) is 17.8. The lowest BCUT2D eigenvalue weighted by atomic mass is 10.1. The van der Waals surface area contributed by atoms with Crippen LogP contribution in [0.4, 0.5) is 17.1 Å². The number of carbonyl (C=O) groups excluding carboxylic acids is 1. The number of nitrogens with zero attached hydrogens (tertiary/aromatic N) is 2. The maximum atomic E-state index is 12.5. The van der Waals surface area contributed by atoms with Crippen LogP contribution in [-0.2, 0) is 0 Å². The number of piperazine rings is 1. The van der Waals surface area contributed by atoms with E-state index >= 15 is 0 Å². The Morgan fingerprint density at radius 1 is 0.875 bits per heavy atom. The Bertz CT molecular complexity index is 1090. The molecule has 0 radical (unpaired) electrons. The number of anilines is 3. The van der Waals surface area contributed by atoms with E-state index in [2.05, 4.69) is 27.2 Å². The van der Waals surface area contributed by atoms with Gasteiger partial charge in [-0.2, -0.15) is 0 Å². The number of methoxy groups -OCH3 is 1. The molecule has 1 fully saturated rings. The van der Waals surface area contributed by atoms with Gasteiger partial charge in [0.25, 0.3) is 5.91 Å². The Hall–Kier alpha value is -4.00. The van der Waals surface area contributed by atoms with Gasteiger partial charge in [0.2, 0.25) is 0 Å². The molecule has 3 aromatic carbocycles. The topological polar surface area (TPSA) is 82.1 Å². The molecule has 1 saturated heterocycles. The number of hydrogen-bond acceptors (Lipinski definition) is 5. The van der Waals surface area contributed by atoms with Crippen LogP contribution in [0.25, 0.3) is 0 Å². The number of benzene rings is 3. The van der Waals surface area contributed by atoms with Crippen molar-refractivity contribution in [2.24, 2.45) is 0 Å². The Labute approximate surface area is 186 Å². The minimum Gasteiger partial charge on any atom is -0.497 e. The van der Waals surface area contributed by atoms with Crippen LogP contribution in [0.15, 0.2) is 72.8 Å². The molecule has 0 atom stereocenters. The number of rotatable bonds is 6. The molecule has 0 bridgehead atoms. The summed E-state index contributed by atoms with van der Waals surface area (Å²) in [4.78, 5) is 28.9. The molecule has 1 amide bonds. The van der Waals surface area contributed by atoms with Gasteiger partial charge in [-0.25, -0.2) is 4.79 Å². The summed E-state index contributed by atoms with van der Waals surface area (Å²) in [7, 11) is 1.56. The van der Waals surface area contributed by atoms with Crippen LogP contribution in [0.2, 0.25) is 0 Å². The van der Waals surface area contributed by atoms with Crippen molar-refractivity contribution in [3.05, 3.63) is 83.9 Å². The van der Waals surface area contributed by atoms with Crippen molar-refractivity contribution in [3.8, 4) is 5.75 Å². The maximum absolute atomic E-state index is 12.5. The summed E-state index contributed by atoms with van der Waals surface area (Å²) in [5.74, 6) is -0.675. The maximum Gasteiger partial charge on any atom is 0.337 e. The predicted molar refractivity (Wildman–Crippen MR) is 125 cm³/mol. The van der Waals surface area contributed by atoms with Crippen molar-refractivity contribution < 1.29 is 19.4 Å². The second kappa shape index (κ2) is 9.43. The zero-order chi connectivity index (χ0) is 22.5. The summed E-state index contributed by atoms with van der Waals surface area (Å²) in [6.07, 6.45) is 0. The van der Waals surface area contributed by atoms with E-state index in [0.717, 1.165) is 13.1 Å². The van der Waals surface area contributed by atoms with Gasteiger partial charge in [-0.15, -0.1) is 0 Å². The summed E-state index contributed by atoms with van der Waals surface area (Å²) in [6.45, 7) is 3.04. The van der Waals surface area contributed by atoms with E-state index in [-0.39, 0.29) is 11.5 Å². The van der Waals surface area contributed by atoms with Gasteiger partial charge in [-0.05, 0) is 54.6 Å². The van der Waals surface area contributed by atoms with Gasteiger partial charge in [0.15, 0.2) is 0 Å². The number of amides is 1. The van der Waals surface area contributed by atoms with Gasteiger partial charge >= 0.3 is 5.97 Å². The molecule has 1 heterocycles. The van der Waals surface area contributed by atoms with Gasteiger partial charge in [0.05, 0.1) is 18.4 Å². The van der Waals surface area contributed by atoms with Gasteiger partial charge in [0.1, 0.15) is 5.75 Å². The summed E-state index contributed by atoms with van der Waals surface area (Å²) in [5.41, 5.74) is 2.90. The van der Waals surface area contributed by atoms with Crippen molar-refractivity contribution in [1.29, 1.82) is 0 Å². The molecule has 0 aromatic heterocycles. The van der Waals surface area contributed by atoms with E-state index in [1.807, 2.05) is 18.2 Å². The molecule has 2 N–H and O–H groups in total. The lowest BCUT2D eigenvalue weighted by Gasteiger charge is -2.38. The summed E-state index contributed by atoms with van der Waals surface area (Å²) >= 11 is 0. The van der Waals surface area contributed by atoms with Gasteiger partial charge in [-0.3, -0.25) is 4.79 Å². The molecule has 7 heteroatoms. The van der Waals surface area contributed by atoms with E-state index in [0.29, 0.717) is 35.8 Å². The molecule has 0 aliphatic carbocycles. The smallest absolute Gasteiger partial charge is 0.337 e. The van der Waals surface area contributed by atoms with E-state index in [4.69, 9.17) is 4.74 Å². The molecule has 32 heavy (non-hydrogen) atoms. The highest BCUT2D eigenvalue weighted by Crippen LogP contribution is 2.27. The highest BCUT2D eigenvalue weighted by molar-refractivity contribution is 6.05. The van der Waals surface area contributed by atoms with Crippen molar-refractivity contribution >= 4 is 28.9 Å². The first-order valence-corrected chi connectivity index (χ1v) is 10.4. The second-order valence-electron chi connectivity index (χ2n) is 7.53. The summed E-state index contributed by atoms with van der Waals surface area (Å²) in [6, 6.07) is 21.9. The quantitative estimate of drug-likeness (QED) is 0.615. The van der Waals surface area contributed by atoms with Crippen molar-refractivity contribution in [2.75, 3.05) is 48.4 Å². The monoisotopic (exact) mass is 431 g/mol. The van der Waals surface area contributed by atoms with Crippen LogP contribution < -0.4 is 19.9 Å². The summed E-state index contributed by atoms with van der Waals surface area (Å²) in [5, 5.41) is 12.6. The predicted octanol–water partition coefficient (Wildman–Crippen LogP) is 3.97. The number of carbonyl (C=O) groups is 2. The van der Waals surface area contributed by atoms with Gasteiger partial charge in [0, 0.05) is 43.1 Å². The third kappa shape index (κ3) is 4.67. The van der Waals surface area contributed by atoms with Gasteiger partial charge < -0.3 is 25.0 Å². The first kappa shape index (κ1) is 21.2. The molecule has 1 aliphatic heterocycles. The standard InChI is InChI=1S/C25H25N3O4/c1-32-21-10-7-18(8-11-21)24(29)26-19-9-12-23(22(17-19)25(30)31)28-15-13-27(14-16-28)20-5-3-2-4-6-20/h2-12,17H,13-16H2,1H3,(H,26,29)(H,30,31). The normalized spacial score (nSPS) is 13.5. The van der Waals surface area contributed by atoms with Crippen LogP contribution in [0.3, 0.4) is 0 Å². The average Bonchev–Trinajstić information content (AvgIpc) is 2.84. The third-order valence-corrected chi connectivity index (χ3v) is 5.58. The number of nitrogens with one attached hydrogen (secondary N) is 1. The van der Waals surface area contributed by atoms with Crippen molar-refractivity contribution in [1.82, 2.24) is 0 Å². The Kier molecular flexibility index (Phi) is 6.26. The van der Waals surface area contributed by atoms with Gasteiger partial charge in [-0.1, -0.05) is 18.2 Å². The molecule has 7 nitrogen and oxygen atoms in total. The fourth-order valence-electron chi connectivity index (χ4n) is 3.85. The number of ether oxygens (including phenoxy) is 1. The van der Waals surface area contributed by atoms with Crippen molar-refractivity contribution in [3.63, 3.8) is 0 Å². The lowest BCUT2D eigenvalue weighted by molar-refractivity contribution is 0.0697. The molecule has 0 saturated carbocycles. The van der Waals surface area contributed by atoms with E-state index in [1.54, 1.807) is 43.5 Å². The minimum absolute atomic E-state index is 0.172. The second-order valence-corrected chi connectivity index (χ2v) is 7.53. The molecular weight excluding hydrogens is 406 g/mol. The first-order chi connectivity index (χ1) is 15.5.